The topological polar surface area (TPSA) is 0 Å². The van der Waals surface area contributed by atoms with Gasteiger partial charge in [0.2, 0.25) is 0 Å². The number of alkyl halides is 1. The van der Waals surface area contributed by atoms with E-state index in [0.29, 0.717) is 0 Å². The number of hydrogen-bond donors (Lipinski definition) is 0. The van der Waals surface area contributed by atoms with Crippen molar-refractivity contribution in [2.75, 3.05) is 0 Å². The molecule has 0 spiro atoms. The summed E-state index contributed by atoms with van der Waals surface area (Å²) >= 11 is 5.98. The third kappa shape index (κ3) is 4.61. The largest absolute Gasteiger partial charge is 0.118 e. The molecule has 0 aromatic rings. The van der Waals surface area contributed by atoms with Gasteiger partial charge in [-0.2, -0.15) is 0 Å². The number of hydrogen-bond acceptors (Lipinski definition) is 0. The van der Waals surface area contributed by atoms with Gasteiger partial charge in [0.15, 0.2) is 0 Å². The monoisotopic (exact) mass is 186 g/mol. The van der Waals surface area contributed by atoms with E-state index in [4.69, 9.17) is 11.6 Å². The Morgan fingerprint density at radius 3 is 2.75 bits per heavy atom. The Hall–Kier alpha value is -0.230. The summed E-state index contributed by atoms with van der Waals surface area (Å²) in [5.74, 6) is 0. The molecule has 1 atom stereocenters. The second-order valence-corrected chi connectivity index (χ2v) is 3.15. The van der Waals surface area contributed by atoms with Gasteiger partial charge in [-0.3, -0.25) is 0 Å². The van der Waals surface area contributed by atoms with E-state index in [1.54, 1.807) is 0 Å². The molecule has 70 valence electrons. The normalized spacial score (nSPS) is 22.0. The van der Waals surface area contributed by atoms with Gasteiger partial charge in [0.05, 0.1) is 5.38 Å². The van der Waals surface area contributed by atoms with Gasteiger partial charge in [-0.15, -0.1) is 11.6 Å². The van der Waals surface area contributed by atoms with E-state index in [1.165, 1.54) is 5.57 Å². The molecule has 0 aliphatic heterocycles. The Morgan fingerprint density at radius 1 is 1.50 bits per heavy atom. The highest BCUT2D eigenvalue weighted by Gasteiger charge is 2.02. The van der Waals surface area contributed by atoms with E-state index in [0.717, 1.165) is 19.3 Å². The van der Waals surface area contributed by atoms with Crippen molar-refractivity contribution in [3.8, 4) is 0 Å². The molecule has 0 heterocycles. The van der Waals surface area contributed by atoms with Crippen LogP contribution in [-0.2, 0) is 0 Å². The smallest absolute Gasteiger partial charge is 0.0524 e. The van der Waals surface area contributed by atoms with E-state index < -0.39 is 0 Å². The van der Waals surface area contributed by atoms with Crippen LogP contribution in [0.2, 0.25) is 0 Å². The van der Waals surface area contributed by atoms with Crippen LogP contribution in [0.15, 0.2) is 23.8 Å². The van der Waals surface area contributed by atoms with Crippen molar-refractivity contribution in [2.45, 2.75) is 45.4 Å². The van der Waals surface area contributed by atoms with Crippen molar-refractivity contribution < 1.29 is 0 Å². The van der Waals surface area contributed by atoms with Gasteiger partial charge in [-0.05, 0) is 19.3 Å². The van der Waals surface area contributed by atoms with Gasteiger partial charge in [0, 0.05) is 0 Å². The Bertz CT molecular complexity index is 156. The quantitative estimate of drug-likeness (QED) is 0.536. The molecular weight excluding hydrogens is 168 g/mol. The summed E-state index contributed by atoms with van der Waals surface area (Å²) in [6.07, 6.45) is 9.85. The molecule has 0 saturated carbocycles. The number of allylic oxidation sites excluding steroid dienone is 4. The van der Waals surface area contributed by atoms with Crippen LogP contribution in [0.4, 0.5) is 0 Å². The highest BCUT2D eigenvalue weighted by Crippen LogP contribution is 2.17. The minimum atomic E-state index is 0.255. The van der Waals surface area contributed by atoms with Gasteiger partial charge in [-0.25, -0.2) is 0 Å². The highest BCUT2D eigenvalue weighted by atomic mass is 35.5. The Morgan fingerprint density at radius 2 is 2.17 bits per heavy atom. The average molecular weight is 187 g/mol. The summed E-state index contributed by atoms with van der Waals surface area (Å²) in [5.41, 5.74) is 1.37. The van der Waals surface area contributed by atoms with Crippen LogP contribution >= 0.6 is 11.6 Å². The number of halogens is 1. The van der Waals surface area contributed by atoms with Crippen molar-refractivity contribution in [3.05, 3.63) is 23.8 Å². The van der Waals surface area contributed by atoms with Gasteiger partial charge < -0.3 is 0 Å². The zero-order valence-electron chi connectivity index (χ0n) is 8.31. The minimum Gasteiger partial charge on any atom is -0.118 e. The third-order valence-corrected chi connectivity index (χ3v) is 2.09. The predicted octanol–water partition coefficient (Wildman–Crippen LogP) is 4.31. The molecule has 0 nitrogen and oxygen atoms in total. The summed E-state index contributed by atoms with van der Waals surface area (Å²) in [6.45, 7) is 6.16. The second-order valence-electron chi connectivity index (χ2n) is 2.59. The van der Waals surface area contributed by atoms with Crippen LogP contribution in [-0.4, -0.2) is 5.38 Å². The van der Waals surface area contributed by atoms with Gasteiger partial charge >= 0.3 is 0 Å². The molecule has 0 bridgehead atoms. The molecule has 0 fully saturated rings. The summed E-state index contributed by atoms with van der Waals surface area (Å²) in [4.78, 5) is 0. The molecule has 0 aromatic carbocycles. The fraction of sp³-hybridized carbons (Fsp3) is 0.636. The van der Waals surface area contributed by atoms with Gasteiger partial charge in [0.1, 0.15) is 0 Å². The van der Waals surface area contributed by atoms with Crippen molar-refractivity contribution in [1.29, 1.82) is 0 Å². The average Bonchev–Trinajstić information content (AvgIpc) is 2.33. The Balaban J connectivity index is 0.000000561. The van der Waals surface area contributed by atoms with Crippen LogP contribution in [0.3, 0.4) is 0 Å². The van der Waals surface area contributed by atoms with Gasteiger partial charge in [-0.1, -0.05) is 44.6 Å². The van der Waals surface area contributed by atoms with Crippen molar-refractivity contribution in [2.24, 2.45) is 0 Å². The Labute approximate surface area is 81.3 Å². The van der Waals surface area contributed by atoms with Crippen molar-refractivity contribution in [3.63, 3.8) is 0 Å². The maximum atomic E-state index is 5.98. The summed E-state index contributed by atoms with van der Waals surface area (Å²) in [6, 6.07) is 0. The lowest BCUT2D eigenvalue weighted by molar-refractivity contribution is 0.880. The molecule has 1 unspecified atom stereocenters. The second kappa shape index (κ2) is 7.42. The molecule has 0 radical (unpaired) electrons. The van der Waals surface area contributed by atoms with E-state index in [1.807, 2.05) is 13.8 Å². The molecule has 0 saturated heterocycles. The Kier molecular flexibility index (Phi) is 7.28. The maximum absolute atomic E-state index is 5.98. The van der Waals surface area contributed by atoms with E-state index >= 15 is 0 Å². The van der Waals surface area contributed by atoms with Crippen molar-refractivity contribution in [1.82, 2.24) is 0 Å². The summed E-state index contributed by atoms with van der Waals surface area (Å²) in [5, 5.41) is 0.255. The molecule has 0 amide bonds. The minimum absolute atomic E-state index is 0.255. The lowest BCUT2D eigenvalue weighted by Crippen LogP contribution is -1.90. The first kappa shape index (κ1) is 11.8. The van der Waals surface area contributed by atoms with E-state index in [2.05, 4.69) is 25.2 Å². The zero-order chi connectivity index (χ0) is 9.40. The van der Waals surface area contributed by atoms with Crippen molar-refractivity contribution >= 4 is 11.6 Å². The van der Waals surface area contributed by atoms with E-state index in [-0.39, 0.29) is 5.38 Å². The van der Waals surface area contributed by atoms with E-state index in [9.17, 15) is 0 Å². The standard InChI is InChI=1S/C9H13Cl.C2H6/c1-2-8-5-3-4-6-9(10)7-8;1-2/h3,5,7,9H,2,4,6H2,1H3;1-2H3. The summed E-state index contributed by atoms with van der Waals surface area (Å²) < 4.78 is 0. The lowest BCUT2D eigenvalue weighted by Gasteiger charge is -1.99. The first-order valence-electron chi connectivity index (χ1n) is 4.84. The number of rotatable bonds is 1. The van der Waals surface area contributed by atoms with Crippen LogP contribution in [0.1, 0.15) is 40.0 Å². The van der Waals surface area contributed by atoms with Crippen LogP contribution in [0.5, 0.6) is 0 Å². The SMILES string of the molecule is CC.CCC1=CC(Cl)CCC=C1. The van der Waals surface area contributed by atoms with Crippen LogP contribution < -0.4 is 0 Å². The first-order chi connectivity index (χ1) is 5.83. The first-order valence-corrected chi connectivity index (χ1v) is 5.28. The molecule has 12 heavy (non-hydrogen) atoms. The molecule has 0 N–H and O–H groups in total. The molecule has 1 aliphatic rings. The van der Waals surface area contributed by atoms with Gasteiger partial charge in [0.25, 0.3) is 0 Å². The lowest BCUT2D eigenvalue weighted by atomic mass is 10.2. The molecular formula is C11H19Cl. The fourth-order valence-electron chi connectivity index (χ4n) is 1.10. The molecule has 0 aromatic heterocycles. The third-order valence-electron chi connectivity index (χ3n) is 1.74. The fourth-order valence-corrected chi connectivity index (χ4v) is 1.38. The molecule has 1 rings (SSSR count). The summed E-state index contributed by atoms with van der Waals surface area (Å²) in [7, 11) is 0. The zero-order valence-corrected chi connectivity index (χ0v) is 9.06. The molecule has 1 aliphatic carbocycles. The molecule has 1 heteroatoms. The van der Waals surface area contributed by atoms with Crippen LogP contribution in [0.25, 0.3) is 0 Å². The predicted molar refractivity (Wildman–Crippen MR) is 57.7 cm³/mol. The highest BCUT2D eigenvalue weighted by molar-refractivity contribution is 6.21. The maximum Gasteiger partial charge on any atom is 0.0524 e. The van der Waals surface area contributed by atoms with Crippen LogP contribution in [0, 0.1) is 0 Å².